The predicted octanol–water partition coefficient (Wildman–Crippen LogP) is 4.02. The van der Waals surface area contributed by atoms with Crippen LogP contribution >= 0.6 is 0 Å². The minimum absolute atomic E-state index is 0.140. The highest BCUT2D eigenvalue weighted by Gasteiger charge is 2.50. The molecule has 4 rings (SSSR count). The molecule has 1 aliphatic rings. The highest BCUT2D eigenvalue weighted by atomic mass is 16.5. The van der Waals surface area contributed by atoms with E-state index in [4.69, 9.17) is 10.5 Å². The smallest absolute Gasteiger partial charge is 0.266 e. The largest absolute Gasteiger partial charge is 0.356 e. The van der Waals surface area contributed by atoms with E-state index in [0.29, 0.717) is 19.6 Å². The zero-order chi connectivity index (χ0) is 19.0. The monoisotopic (exact) mass is 360 g/mol. The van der Waals surface area contributed by atoms with Crippen LogP contribution in [0.25, 0.3) is 10.8 Å². The molecule has 0 spiro atoms. The van der Waals surface area contributed by atoms with Gasteiger partial charge in [-0.1, -0.05) is 42.5 Å². The fraction of sp³-hybridized carbons (Fsp3) is 0.261. The summed E-state index contributed by atoms with van der Waals surface area (Å²) in [6.07, 6.45) is 0.697. The summed E-state index contributed by atoms with van der Waals surface area (Å²) in [5.74, 6) is -0.140. The second kappa shape index (κ2) is 6.80. The molecule has 0 aliphatic carbocycles. The highest BCUT2D eigenvalue weighted by molar-refractivity contribution is 6.08. The molecule has 0 saturated carbocycles. The van der Waals surface area contributed by atoms with Crippen LogP contribution in [-0.2, 0) is 15.1 Å². The lowest BCUT2D eigenvalue weighted by Crippen LogP contribution is -2.39. The molecule has 138 valence electrons. The summed E-state index contributed by atoms with van der Waals surface area (Å²) in [4.78, 5) is 13.3. The number of anilines is 1. The number of carbonyl (C=O) groups is 1. The van der Waals surface area contributed by atoms with E-state index in [1.165, 1.54) is 0 Å². The molecule has 1 aliphatic heterocycles. The zero-order valence-corrected chi connectivity index (χ0v) is 15.7. The van der Waals surface area contributed by atoms with Crippen LogP contribution in [0.2, 0.25) is 0 Å². The number of ether oxygens (including phenoxy) is 1. The number of nitrogens with one attached hydrogen (secondary N) is 1. The number of benzene rings is 3. The molecule has 1 amide bonds. The highest BCUT2D eigenvalue weighted by Crippen LogP contribution is 2.46. The van der Waals surface area contributed by atoms with Gasteiger partial charge >= 0.3 is 0 Å². The van der Waals surface area contributed by atoms with Gasteiger partial charge in [0, 0.05) is 11.3 Å². The van der Waals surface area contributed by atoms with Crippen molar-refractivity contribution in [3.05, 3.63) is 76.9 Å². The maximum Gasteiger partial charge on any atom is 0.266 e. The van der Waals surface area contributed by atoms with Gasteiger partial charge in [-0.05, 0) is 66.4 Å². The third-order valence-corrected chi connectivity index (χ3v) is 5.22. The van der Waals surface area contributed by atoms with E-state index in [0.717, 1.165) is 38.7 Å². The first-order chi connectivity index (χ1) is 13.1. The van der Waals surface area contributed by atoms with Crippen molar-refractivity contribution >= 4 is 22.4 Å². The second-order valence-electron chi connectivity index (χ2n) is 7.19. The van der Waals surface area contributed by atoms with E-state index in [1.54, 1.807) is 0 Å². The van der Waals surface area contributed by atoms with Crippen molar-refractivity contribution in [1.29, 1.82) is 0 Å². The van der Waals surface area contributed by atoms with Gasteiger partial charge < -0.3 is 15.8 Å². The lowest BCUT2D eigenvalue weighted by Gasteiger charge is -2.30. The Kier molecular flexibility index (Phi) is 4.46. The Morgan fingerprint density at radius 3 is 2.59 bits per heavy atom. The van der Waals surface area contributed by atoms with Gasteiger partial charge in [0.25, 0.3) is 5.91 Å². The first-order valence-corrected chi connectivity index (χ1v) is 9.33. The lowest BCUT2D eigenvalue weighted by molar-refractivity contribution is -0.136. The lowest BCUT2D eigenvalue weighted by atomic mass is 9.83. The van der Waals surface area contributed by atoms with Crippen molar-refractivity contribution in [2.24, 2.45) is 5.73 Å². The number of aryl methyl sites for hydroxylation is 2. The molecule has 3 aromatic rings. The molecule has 0 fully saturated rings. The maximum absolute atomic E-state index is 13.3. The van der Waals surface area contributed by atoms with Gasteiger partial charge in [0.05, 0.1) is 6.61 Å². The Morgan fingerprint density at radius 1 is 1.04 bits per heavy atom. The standard InChI is InChI=1S/C23H24N2O2/c1-15-12-16(2)21-20(13-15)25-22(26)23(21,27-11-5-10-24)19-9-8-17-6-3-4-7-18(17)14-19/h3-4,6-9,12-14H,5,10-11,24H2,1-2H3,(H,25,26). The molecule has 1 atom stereocenters. The molecule has 4 nitrogen and oxygen atoms in total. The molecule has 3 N–H and O–H groups in total. The zero-order valence-electron chi connectivity index (χ0n) is 15.7. The van der Waals surface area contributed by atoms with E-state index in [9.17, 15) is 4.79 Å². The van der Waals surface area contributed by atoms with Gasteiger partial charge in [-0.2, -0.15) is 0 Å². The average Bonchev–Trinajstić information content (AvgIpc) is 2.94. The summed E-state index contributed by atoms with van der Waals surface area (Å²) in [5, 5.41) is 5.27. The second-order valence-corrected chi connectivity index (χ2v) is 7.19. The first-order valence-electron chi connectivity index (χ1n) is 9.33. The SMILES string of the molecule is Cc1cc(C)c2c(c1)NC(=O)C2(OCCCN)c1ccc2ccccc2c1. The molecule has 4 heteroatoms. The number of nitrogens with two attached hydrogens (primary N) is 1. The van der Waals surface area contributed by atoms with Crippen molar-refractivity contribution < 1.29 is 9.53 Å². The molecule has 0 saturated heterocycles. The van der Waals surface area contributed by atoms with Crippen molar-refractivity contribution in [2.45, 2.75) is 25.9 Å². The third kappa shape index (κ3) is 2.82. The quantitative estimate of drug-likeness (QED) is 0.676. The van der Waals surface area contributed by atoms with Gasteiger partial charge in [-0.3, -0.25) is 4.79 Å². The number of hydrogen-bond acceptors (Lipinski definition) is 3. The van der Waals surface area contributed by atoms with Crippen LogP contribution in [0, 0.1) is 13.8 Å². The predicted molar refractivity (Wildman–Crippen MR) is 109 cm³/mol. The third-order valence-electron chi connectivity index (χ3n) is 5.22. The number of carbonyl (C=O) groups excluding carboxylic acids is 1. The van der Waals surface area contributed by atoms with Crippen molar-refractivity contribution in [1.82, 2.24) is 0 Å². The molecule has 1 heterocycles. The molecule has 0 bridgehead atoms. The van der Waals surface area contributed by atoms with Crippen LogP contribution in [-0.4, -0.2) is 19.1 Å². The maximum atomic E-state index is 13.3. The summed E-state index contributed by atoms with van der Waals surface area (Å²) >= 11 is 0. The van der Waals surface area contributed by atoms with E-state index < -0.39 is 5.60 Å². The van der Waals surface area contributed by atoms with Crippen molar-refractivity contribution in [3.8, 4) is 0 Å². The van der Waals surface area contributed by atoms with Gasteiger partial charge in [-0.15, -0.1) is 0 Å². The van der Waals surface area contributed by atoms with Crippen LogP contribution in [0.15, 0.2) is 54.6 Å². The average molecular weight is 360 g/mol. The summed E-state index contributed by atoms with van der Waals surface area (Å²) in [5.41, 5.74) is 9.27. The molecule has 1 unspecified atom stereocenters. The summed E-state index contributed by atoms with van der Waals surface area (Å²) < 4.78 is 6.33. The Balaban J connectivity index is 1.95. The molecule has 0 radical (unpaired) electrons. The normalized spacial score (nSPS) is 18.6. The van der Waals surface area contributed by atoms with E-state index >= 15 is 0 Å². The van der Waals surface area contributed by atoms with Crippen LogP contribution in [0.3, 0.4) is 0 Å². The Bertz CT molecular complexity index is 1030. The Hall–Kier alpha value is -2.69. The number of fused-ring (bicyclic) bond motifs is 2. The van der Waals surface area contributed by atoms with E-state index in [-0.39, 0.29) is 5.91 Å². The van der Waals surface area contributed by atoms with Crippen LogP contribution in [0.4, 0.5) is 5.69 Å². The Morgan fingerprint density at radius 2 is 1.81 bits per heavy atom. The molecular weight excluding hydrogens is 336 g/mol. The minimum atomic E-state index is -1.15. The van der Waals surface area contributed by atoms with Crippen molar-refractivity contribution in [2.75, 3.05) is 18.5 Å². The summed E-state index contributed by atoms with van der Waals surface area (Å²) in [6, 6.07) is 18.4. The minimum Gasteiger partial charge on any atom is -0.356 e. The molecule has 0 aromatic heterocycles. The fourth-order valence-electron chi connectivity index (χ4n) is 4.07. The summed E-state index contributed by atoms with van der Waals surface area (Å²) in [7, 11) is 0. The van der Waals surface area contributed by atoms with Gasteiger partial charge in [0.1, 0.15) is 0 Å². The van der Waals surface area contributed by atoms with Crippen LogP contribution < -0.4 is 11.1 Å². The summed E-state index contributed by atoms with van der Waals surface area (Å²) in [6.45, 7) is 5.01. The van der Waals surface area contributed by atoms with Crippen LogP contribution in [0.1, 0.15) is 28.7 Å². The first kappa shape index (κ1) is 17.7. The fourth-order valence-corrected chi connectivity index (χ4v) is 4.07. The van der Waals surface area contributed by atoms with E-state index in [1.807, 2.05) is 44.2 Å². The van der Waals surface area contributed by atoms with Crippen molar-refractivity contribution in [3.63, 3.8) is 0 Å². The molecule has 3 aromatic carbocycles. The number of amides is 1. The van der Waals surface area contributed by atoms with E-state index in [2.05, 4.69) is 29.6 Å². The molecule has 27 heavy (non-hydrogen) atoms. The van der Waals surface area contributed by atoms with Gasteiger partial charge in [0.2, 0.25) is 0 Å². The van der Waals surface area contributed by atoms with Gasteiger partial charge in [-0.25, -0.2) is 0 Å². The van der Waals surface area contributed by atoms with Crippen LogP contribution in [0.5, 0.6) is 0 Å². The molecular formula is C23H24N2O2. The Labute approximate surface area is 159 Å². The number of hydrogen-bond donors (Lipinski definition) is 2. The number of rotatable bonds is 5. The van der Waals surface area contributed by atoms with Gasteiger partial charge in [0.15, 0.2) is 5.60 Å². The topological polar surface area (TPSA) is 64.3 Å².